The van der Waals surface area contributed by atoms with Crippen LogP contribution in [0.1, 0.15) is 44.1 Å². The Balaban J connectivity index is 2.37. The summed E-state index contributed by atoms with van der Waals surface area (Å²) < 4.78 is 12.3. The Morgan fingerprint density at radius 2 is 1.83 bits per heavy atom. The molecule has 128 valence electrons. The molecule has 0 aliphatic heterocycles. The van der Waals surface area contributed by atoms with Crippen LogP contribution in [0, 0.1) is 0 Å². The standard InChI is InChI=1S/C18H25IO4/c1-22-17-14-15(9-11-18(20)21)8-10-16(17)23-13-7-5-3-2-4-6-12-19/h8-11,14H,2-7,12-13H2,1H3,(H,20,21)/p-1/b11-9+. The maximum Gasteiger partial charge on any atom is 0.161 e. The van der Waals surface area contributed by atoms with E-state index in [4.69, 9.17) is 9.47 Å². The Hall–Kier alpha value is -1.24. The summed E-state index contributed by atoms with van der Waals surface area (Å²) >= 11 is 2.42. The van der Waals surface area contributed by atoms with Crippen LogP contribution in [0.4, 0.5) is 0 Å². The van der Waals surface area contributed by atoms with Gasteiger partial charge >= 0.3 is 0 Å². The SMILES string of the molecule is COc1cc(/C=C/C(=O)[O-])ccc1OCCCCCCCCI. The summed E-state index contributed by atoms with van der Waals surface area (Å²) in [5, 5.41) is 10.4. The van der Waals surface area contributed by atoms with E-state index in [2.05, 4.69) is 22.6 Å². The summed E-state index contributed by atoms with van der Waals surface area (Å²) in [6.45, 7) is 0.664. The van der Waals surface area contributed by atoms with E-state index in [1.165, 1.54) is 42.6 Å². The highest BCUT2D eigenvalue weighted by Gasteiger charge is 2.04. The van der Waals surface area contributed by atoms with Crippen LogP contribution in [0.2, 0.25) is 0 Å². The summed E-state index contributed by atoms with van der Waals surface area (Å²) in [4.78, 5) is 10.4. The first-order valence-corrected chi connectivity index (χ1v) is 9.45. The summed E-state index contributed by atoms with van der Waals surface area (Å²) in [7, 11) is 1.57. The number of ether oxygens (including phenoxy) is 2. The third-order valence-corrected chi connectivity index (χ3v) is 4.15. The van der Waals surface area contributed by atoms with Gasteiger partial charge in [0.2, 0.25) is 0 Å². The molecule has 0 saturated heterocycles. The molecule has 0 N–H and O–H groups in total. The molecule has 0 saturated carbocycles. The van der Waals surface area contributed by atoms with Gasteiger partial charge < -0.3 is 19.4 Å². The van der Waals surface area contributed by atoms with E-state index < -0.39 is 5.97 Å². The second-order valence-corrected chi connectivity index (χ2v) is 6.30. The average Bonchev–Trinajstić information content (AvgIpc) is 2.55. The first-order valence-electron chi connectivity index (χ1n) is 7.93. The molecule has 0 unspecified atom stereocenters. The number of hydrogen-bond acceptors (Lipinski definition) is 4. The lowest BCUT2D eigenvalue weighted by molar-refractivity contribution is -0.297. The van der Waals surface area contributed by atoms with Crippen LogP contribution in [0.25, 0.3) is 6.08 Å². The average molecular weight is 431 g/mol. The highest BCUT2D eigenvalue weighted by Crippen LogP contribution is 2.28. The molecule has 1 aromatic carbocycles. The first-order chi connectivity index (χ1) is 11.2. The van der Waals surface area contributed by atoms with Gasteiger partial charge in [-0.15, -0.1) is 0 Å². The molecular weight excluding hydrogens is 407 g/mol. The maximum atomic E-state index is 10.4. The summed E-state index contributed by atoms with van der Waals surface area (Å²) in [6.07, 6.45) is 9.85. The number of benzene rings is 1. The molecule has 0 aliphatic carbocycles. The third-order valence-electron chi connectivity index (χ3n) is 3.39. The highest BCUT2D eigenvalue weighted by molar-refractivity contribution is 14.1. The smallest absolute Gasteiger partial charge is 0.161 e. The minimum absolute atomic E-state index is 0.604. The zero-order chi connectivity index (χ0) is 16.9. The van der Waals surface area contributed by atoms with Gasteiger partial charge in [0.1, 0.15) is 0 Å². The number of carbonyl (C=O) groups excluding carboxylic acids is 1. The Labute approximate surface area is 152 Å². The molecule has 0 atom stereocenters. The Morgan fingerprint density at radius 1 is 1.13 bits per heavy atom. The van der Waals surface area contributed by atoms with Gasteiger partial charge in [-0.2, -0.15) is 0 Å². The molecule has 0 amide bonds. The van der Waals surface area contributed by atoms with E-state index in [0.717, 1.165) is 18.1 Å². The van der Waals surface area contributed by atoms with Crippen LogP contribution < -0.4 is 14.6 Å². The second-order valence-electron chi connectivity index (χ2n) is 5.22. The molecule has 0 aliphatic rings. The minimum Gasteiger partial charge on any atom is -0.545 e. The Morgan fingerprint density at radius 3 is 2.48 bits per heavy atom. The molecule has 0 heterocycles. The molecule has 4 nitrogen and oxygen atoms in total. The van der Waals surface area contributed by atoms with Crippen molar-refractivity contribution in [2.45, 2.75) is 38.5 Å². The number of hydrogen-bond donors (Lipinski definition) is 0. The van der Waals surface area contributed by atoms with Gasteiger partial charge in [0.15, 0.2) is 11.5 Å². The van der Waals surface area contributed by atoms with Crippen molar-refractivity contribution in [3.8, 4) is 11.5 Å². The Kier molecular flexibility index (Phi) is 10.5. The van der Waals surface area contributed by atoms with Crippen molar-refractivity contribution in [2.75, 3.05) is 18.1 Å². The monoisotopic (exact) mass is 431 g/mol. The van der Waals surface area contributed by atoms with E-state index in [0.29, 0.717) is 18.1 Å². The number of rotatable bonds is 12. The number of unbranched alkanes of at least 4 members (excludes halogenated alkanes) is 5. The molecule has 23 heavy (non-hydrogen) atoms. The van der Waals surface area contributed by atoms with Crippen molar-refractivity contribution >= 4 is 34.6 Å². The molecule has 0 fully saturated rings. The zero-order valence-corrected chi connectivity index (χ0v) is 15.7. The molecule has 1 rings (SSSR count). The van der Waals surface area contributed by atoms with Crippen molar-refractivity contribution in [2.24, 2.45) is 0 Å². The quantitative estimate of drug-likeness (QED) is 0.220. The fourth-order valence-corrected chi connectivity index (χ4v) is 2.70. The third kappa shape index (κ3) is 8.83. The van der Waals surface area contributed by atoms with Gasteiger partial charge in [-0.05, 0) is 41.0 Å². The molecule has 0 radical (unpaired) electrons. The van der Waals surface area contributed by atoms with Crippen molar-refractivity contribution in [3.05, 3.63) is 29.8 Å². The fourth-order valence-electron chi connectivity index (χ4n) is 2.16. The molecule has 0 aromatic heterocycles. The van der Waals surface area contributed by atoms with Crippen molar-refractivity contribution in [1.29, 1.82) is 0 Å². The van der Waals surface area contributed by atoms with E-state index in [1.807, 2.05) is 0 Å². The van der Waals surface area contributed by atoms with Gasteiger partial charge in [0.05, 0.1) is 19.7 Å². The summed E-state index contributed by atoms with van der Waals surface area (Å²) in [5.41, 5.74) is 0.730. The predicted octanol–water partition coefficient (Wildman–Crippen LogP) is 3.61. The highest BCUT2D eigenvalue weighted by atomic mass is 127. The zero-order valence-electron chi connectivity index (χ0n) is 13.6. The normalized spacial score (nSPS) is 10.9. The van der Waals surface area contributed by atoms with E-state index in [1.54, 1.807) is 25.3 Å². The van der Waals surface area contributed by atoms with Crippen LogP contribution in [-0.4, -0.2) is 24.1 Å². The van der Waals surface area contributed by atoms with Gasteiger partial charge in [-0.1, -0.05) is 60.4 Å². The number of aliphatic carboxylic acids is 1. The first kappa shape index (κ1) is 19.8. The van der Waals surface area contributed by atoms with E-state index in [-0.39, 0.29) is 0 Å². The summed E-state index contributed by atoms with van der Waals surface area (Å²) in [6, 6.07) is 5.34. The second kappa shape index (κ2) is 12.2. The summed E-state index contributed by atoms with van der Waals surface area (Å²) in [5.74, 6) is 0.0679. The van der Waals surface area contributed by atoms with E-state index in [9.17, 15) is 9.90 Å². The molecule has 5 heteroatoms. The van der Waals surface area contributed by atoms with E-state index >= 15 is 0 Å². The number of alkyl halides is 1. The van der Waals surface area contributed by atoms with Gasteiger partial charge in [-0.3, -0.25) is 0 Å². The van der Waals surface area contributed by atoms with Gasteiger partial charge in [0.25, 0.3) is 0 Å². The van der Waals surface area contributed by atoms with Crippen LogP contribution >= 0.6 is 22.6 Å². The van der Waals surface area contributed by atoms with Crippen LogP contribution in [0.3, 0.4) is 0 Å². The van der Waals surface area contributed by atoms with Gasteiger partial charge in [0, 0.05) is 0 Å². The minimum atomic E-state index is -1.22. The molecular formula is C18H24IO4-. The van der Waals surface area contributed by atoms with Crippen LogP contribution in [0.15, 0.2) is 24.3 Å². The number of carbonyl (C=O) groups is 1. The lowest BCUT2D eigenvalue weighted by Gasteiger charge is -2.11. The lowest BCUT2D eigenvalue weighted by atomic mass is 10.1. The molecule has 0 bridgehead atoms. The molecule has 0 spiro atoms. The van der Waals surface area contributed by atoms with Crippen LogP contribution in [0.5, 0.6) is 11.5 Å². The fraction of sp³-hybridized carbons (Fsp3) is 0.500. The van der Waals surface area contributed by atoms with Crippen molar-refractivity contribution in [3.63, 3.8) is 0 Å². The van der Waals surface area contributed by atoms with Crippen LogP contribution in [-0.2, 0) is 4.79 Å². The number of carboxylic acid groups (broad SMARTS) is 1. The number of methoxy groups -OCH3 is 1. The Bertz CT molecular complexity index is 500. The molecule has 1 aromatic rings. The van der Waals surface area contributed by atoms with Crippen molar-refractivity contribution < 1.29 is 19.4 Å². The number of halogens is 1. The van der Waals surface area contributed by atoms with Gasteiger partial charge in [-0.25, -0.2) is 0 Å². The largest absolute Gasteiger partial charge is 0.545 e. The van der Waals surface area contributed by atoms with Crippen molar-refractivity contribution in [1.82, 2.24) is 0 Å². The predicted molar refractivity (Wildman–Crippen MR) is 99.1 cm³/mol. The lowest BCUT2D eigenvalue weighted by Crippen LogP contribution is -2.18. The maximum absolute atomic E-state index is 10.4. The topological polar surface area (TPSA) is 58.6 Å². The number of carboxylic acids is 1.